The van der Waals surface area contributed by atoms with Gasteiger partial charge in [0.15, 0.2) is 0 Å². The number of aliphatic hydroxyl groups is 1. The fourth-order valence-electron chi connectivity index (χ4n) is 3.33. The van der Waals surface area contributed by atoms with Gasteiger partial charge < -0.3 is 25.9 Å². The number of ether oxygens (including phenoxy) is 1. The molecule has 0 radical (unpaired) electrons. The summed E-state index contributed by atoms with van der Waals surface area (Å²) in [6, 6.07) is 6.25. The van der Waals surface area contributed by atoms with E-state index in [9.17, 15) is 5.11 Å². The van der Waals surface area contributed by atoms with E-state index in [4.69, 9.17) is 10.5 Å². The normalized spacial score (nSPS) is 24.0. The van der Waals surface area contributed by atoms with E-state index in [-0.39, 0.29) is 6.10 Å². The second-order valence-electron chi connectivity index (χ2n) is 7.97. The highest BCUT2D eigenvalue weighted by Crippen LogP contribution is 2.48. The maximum absolute atomic E-state index is 10.5. The number of nitrogens with one attached hydrogen (secondary N) is 2. The number of hydrogen-bond acceptors (Lipinski definition) is 6. The van der Waals surface area contributed by atoms with Gasteiger partial charge in [0.1, 0.15) is 18.0 Å². The molecular formula is C21H31N3O2S2. The van der Waals surface area contributed by atoms with Crippen LogP contribution in [0.4, 0.5) is 0 Å². The summed E-state index contributed by atoms with van der Waals surface area (Å²) >= 11 is 0. The highest BCUT2D eigenvalue weighted by Gasteiger charge is 2.36. The fourth-order valence-corrected chi connectivity index (χ4v) is 7.29. The molecule has 1 saturated heterocycles. The monoisotopic (exact) mass is 421 g/mol. The van der Waals surface area contributed by atoms with E-state index in [0.29, 0.717) is 17.2 Å². The average molecular weight is 422 g/mol. The van der Waals surface area contributed by atoms with Crippen LogP contribution in [0.5, 0.6) is 5.75 Å². The van der Waals surface area contributed by atoms with E-state index in [1.54, 1.807) is 6.08 Å². The number of nitrogens with two attached hydrogens (primary N) is 1. The SMILES string of the molecule is C/C=C/N.CC1(C)CSSC1CNCC(O)C1Cc2cc3[nH]ccc3cc2O1. The van der Waals surface area contributed by atoms with Gasteiger partial charge >= 0.3 is 0 Å². The molecule has 0 spiro atoms. The van der Waals surface area contributed by atoms with Gasteiger partial charge in [-0.25, -0.2) is 0 Å². The van der Waals surface area contributed by atoms with Gasteiger partial charge in [-0.2, -0.15) is 0 Å². The largest absolute Gasteiger partial charge is 0.487 e. The fraction of sp³-hybridized carbons (Fsp3) is 0.524. The number of fused-ring (bicyclic) bond motifs is 2. The lowest BCUT2D eigenvalue weighted by atomic mass is 9.91. The molecule has 5 N–H and O–H groups in total. The highest BCUT2D eigenvalue weighted by molar-refractivity contribution is 8.77. The highest BCUT2D eigenvalue weighted by atomic mass is 33.1. The zero-order chi connectivity index (χ0) is 20.1. The second-order valence-corrected chi connectivity index (χ2v) is 10.5. The third-order valence-electron chi connectivity index (χ3n) is 5.23. The molecule has 7 heteroatoms. The maximum Gasteiger partial charge on any atom is 0.130 e. The summed E-state index contributed by atoms with van der Waals surface area (Å²) in [4.78, 5) is 3.23. The van der Waals surface area contributed by atoms with E-state index in [1.807, 2.05) is 40.8 Å². The minimum absolute atomic E-state index is 0.155. The summed E-state index contributed by atoms with van der Waals surface area (Å²) in [5.41, 5.74) is 7.51. The van der Waals surface area contributed by atoms with Crippen molar-refractivity contribution in [3.05, 3.63) is 42.2 Å². The second kappa shape index (κ2) is 9.48. The Bertz CT molecular complexity index is 762. The third-order valence-corrected chi connectivity index (χ3v) is 8.72. The van der Waals surface area contributed by atoms with Crippen LogP contribution in [-0.2, 0) is 6.42 Å². The lowest BCUT2D eigenvalue weighted by Gasteiger charge is -2.26. The third kappa shape index (κ3) is 5.00. The van der Waals surface area contributed by atoms with Crippen molar-refractivity contribution in [3.8, 4) is 5.75 Å². The average Bonchev–Trinajstić information content (AvgIpc) is 3.37. The summed E-state index contributed by atoms with van der Waals surface area (Å²) in [7, 11) is 3.92. The molecule has 1 aromatic carbocycles. The molecule has 2 aliphatic heterocycles. The molecule has 0 bridgehead atoms. The quantitative estimate of drug-likeness (QED) is 0.551. The van der Waals surface area contributed by atoms with E-state index >= 15 is 0 Å². The van der Waals surface area contributed by atoms with Crippen LogP contribution in [0.2, 0.25) is 0 Å². The lowest BCUT2D eigenvalue weighted by molar-refractivity contribution is 0.0499. The summed E-state index contributed by atoms with van der Waals surface area (Å²) in [6.45, 7) is 8.03. The van der Waals surface area contributed by atoms with Crippen LogP contribution in [0, 0.1) is 5.41 Å². The number of aliphatic hydroxyl groups excluding tert-OH is 1. The molecule has 154 valence electrons. The Morgan fingerprint density at radius 2 is 2.25 bits per heavy atom. The van der Waals surface area contributed by atoms with Crippen molar-refractivity contribution >= 4 is 32.5 Å². The number of allylic oxidation sites excluding steroid dienone is 1. The van der Waals surface area contributed by atoms with Gasteiger partial charge in [-0.3, -0.25) is 0 Å². The standard InChI is InChI=1S/C18H24N2O2S2.C3H7N/c1-18(2)10-23-24-17(18)9-19-8-14(21)16-7-12-5-13-11(3-4-20-13)6-15(12)22-16;1-2-3-4/h3-6,14,16-17,19-21H,7-10H2,1-2H3;2-3H,4H2,1H3/b;3-2+. The van der Waals surface area contributed by atoms with E-state index in [0.717, 1.165) is 29.6 Å². The van der Waals surface area contributed by atoms with Gasteiger partial charge in [0, 0.05) is 53.2 Å². The first kappa shape index (κ1) is 21.4. The number of rotatable bonds is 5. The van der Waals surface area contributed by atoms with Crippen molar-refractivity contribution in [2.24, 2.45) is 11.1 Å². The summed E-state index contributed by atoms with van der Waals surface area (Å²) in [5, 5.41) is 15.7. The number of H-pyrrole nitrogens is 1. The zero-order valence-corrected chi connectivity index (χ0v) is 18.4. The van der Waals surface area contributed by atoms with Crippen LogP contribution in [0.15, 0.2) is 36.7 Å². The first-order valence-corrected chi connectivity index (χ1v) is 12.1. The molecule has 2 aliphatic rings. The van der Waals surface area contributed by atoms with Crippen molar-refractivity contribution in [2.45, 2.75) is 44.6 Å². The number of aromatic nitrogens is 1. The zero-order valence-electron chi connectivity index (χ0n) is 16.8. The van der Waals surface area contributed by atoms with Crippen molar-refractivity contribution in [1.29, 1.82) is 0 Å². The first-order valence-electron chi connectivity index (χ1n) is 9.71. The van der Waals surface area contributed by atoms with Gasteiger partial charge in [0.2, 0.25) is 0 Å². The van der Waals surface area contributed by atoms with Crippen molar-refractivity contribution in [1.82, 2.24) is 10.3 Å². The summed E-state index contributed by atoms with van der Waals surface area (Å²) in [6.07, 6.45) is 5.35. The van der Waals surface area contributed by atoms with Crippen LogP contribution in [-0.4, -0.2) is 46.4 Å². The molecule has 1 fully saturated rings. The molecule has 0 amide bonds. The Labute approximate surface area is 175 Å². The number of benzene rings is 1. The molecule has 2 aromatic rings. The molecule has 5 nitrogen and oxygen atoms in total. The molecule has 3 heterocycles. The molecule has 3 atom stereocenters. The Morgan fingerprint density at radius 1 is 1.46 bits per heavy atom. The minimum atomic E-state index is -0.488. The Hall–Kier alpha value is -1.28. The van der Waals surface area contributed by atoms with Gasteiger partial charge in [0.05, 0.1) is 0 Å². The number of aromatic amines is 1. The van der Waals surface area contributed by atoms with Gasteiger partial charge in [-0.05, 0) is 36.7 Å². The molecule has 0 saturated carbocycles. The van der Waals surface area contributed by atoms with Gasteiger partial charge in [-0.1, -0.05) is 41.5 Å². The predicted molar refractivity (Wildman–Crippen MR) is 122 cm³/mol. The molecular weight excluding hydrogens is 390 g/mol. The summed E-state index contributed by atoms with van der Waals surface area (Å²) < 4.78 is 6.00. The van der Waals surface area contributed by atoms with Gasteiger partial charge in [0.25, 0.3) is 0 Å². The molecule has 1 aromatic heterocycles. The maximum atomic E-state index is 10.5. The van der Waals surface area contributed by atoms with Crippen molar-refractivity contribution in [3.63, 3.8) is 0 Å². The Balaban J connectivity index is 0.000000516. The van der Waals surface area contributed by atoms with Crippen LogP contribution >= 0.6 is 21.6 Å². The van der Waals surface area contributed by atoms with E-state index in [1.165, 1.54) is 17.5 Å². The van der Waals surface area contributed by atoms with Crippen LogP contribution < -0.4 is 15.8 Å². The molecule has 0 aliphatic carbocycles. The Kier molecular flexibility index (Phi) is 7.25. The minimum Gasteiger partial charge on any atom is -0.487 e. The van der Waals surface area contributed by atoms with Crippen LogP contribution in [0.3, 0.4) is 0 Å². The Morgan fingerprint density at radius 3 is 2.93 bits per heavy atom. The molecule has 3 unspecified atom stereocenters. The number of hydrogen-bond donors (Lipinski definition) is 4. The van der Waals surface area contributed by atoms with E-state index < -0.39 is 6.10 Å². The predicted octanol–water partition coefficient (Wildman–Crippen LogP) is 3.69. The van der Waals surface area contributed by atoms with Crippen LogP contribution in [0.1, 0.15) is 26.3 Å². The van der Waals surface area contributed by atoms with Gasteiger partial charge in [-0.15, -0.1) is 0 Å². The van der Waals surface area contributed by atoms with Crippen molar-refractivity contribution < 1.29 is 9.84 Å². The first-order chi connectivity index (χ1) is 13.4. The summed E-state index contributed by atoms with van der Waals surface area (Å²) in [5.74, 6) is 2.11. The smallest absolute Gasteiger partial charge is 0.130 e. The molecule has 28 heavy (non-hydrogen) atoms. The van der Waals surface area contributed by atoms with E-state index in [2.05, 4.69) is 36.3 Å². The topological polar surface area (TPSA) is 83.3 Å². The molecule has 4 rings (SSSR count). The van der Waals surface area contributed by atoms with Crippen molar-refractivity contribution in [2.75, 3.05) is 18.8 Å². The van der Waals surface area contributed by atoms with Crippen LogP contribution in [0.25, 0.3) is 10.9 Å². The lowest BCUT2D eigenvalue weighted by Crippen LogP contribution is -2.42.